The van der Waals surface area contributed by atoms with Crippen molar-refractivity contribution in [1.82, 2.24) is 9.71 Å². The summed E-state index contributed by atoms with van der Waals surface area (Å²) in [5.41, 5.74) is 0.0214. The molecule has 0 aliphatic rings. The molecule has 0 radical (unpaired) electrons. The van der Waals surface area contributed by atoms with Gasteiger partial charge in [-0.05, 0) is 32.4 Å². The van der Waals surface area contributed by atoms with Crippen LogP contribution in [0.4, 0.5) is 5.69 Å². The molecule has 1 heterocycles. The number of sulfonamides is 1. The van der Waals surface area contributed by atoms with E-state index < -0.39 is 15.6 Å². The minimum absolute atomic E-state index is 0.0386. The van der Waals surface area contributed by atoms with Crippen molar-refractivity contribution in [2.24, 2.45) is 0 Å². The Morgan fingerprint density at radius 1 is 1.39 bits per heavy atom. The molecule has 1 rings (SSSR count). The third-order valence-electron chi connectivity index (χ3n) is 2.58. The van der Waals surface area contributed by atoms with Gasteiger partial charge in [0.2, 0.25) is 0 Å². The van der Waals surface area contributed by atoms with Crippen LogP contribution in [-0.2, 0) is 10.0 Å². The van der Waals surface area contributed by atoms with E-state index in [-0.39, 0.29) is 5.03 Å². The minimum atomic E-state index is -3.61. The monoisotopic (exact) mass is 271 g/mol. The largest absolute Gasteiger partial charge is 0.386 e. The fourth-order valence-electron chi connectivity index (χ4n) is 1.88. The zero-order chi connectivity index (χ0) is 13.8. The van der Waals surface area contributed by atoms with E-state index in [2.05, 4.69) is 15.0 Å². The molecule has 6 heteroatoms. The predicted molar refractivity (Wildman–Crippen MR) is 73.1 cm³/mol. The maximum atomic E-state index is 12.3. The van der Waals surface area contributed by atoms with E-state index in [0.29, 0.717) is 5.69 Å². The van der Waals surface area contributed by atoms with Crippen LogP contribution < -0.4 is 10.0 Å². The van der Waals surface area contributed by atoms with Gasteiger partial charge in [-0.1, -0.05) is 13.3 Å². The smallest absolute Gasteiger partial charge is 0.260 e. The zero-order valence-electron chi connectivity index (χ0n) is 11.3. The van der Waals surface area contributed by atoms with E-state index in [1.807, 2.05) is 20.8 Å². The standard InChI is InChI=1S/C12H21N3O2S/c1-5-8-12(2,3)15-18(16,17)11-10(13-4)7-6-9-14-11/h6-7,9,13,15H,5,8H2,1-4H3. The Morgan fingerprint density at radius 2 is 2.06 bits per heavy atom. The molecule has 0 aromatic carbocycles. The lowest BCUT2D eigenvalue weighted by Crippen LogP contribution is -2.43. The van der Waals surface area contributed by atoms with Gasteiger partial charge in [0.15, 0.2) is 5.03 Å². The summed E-state index contributed by atoms with van der Waals surface area (Å²) in [6, 6.07) is 3.39. The molecule has 102 valence electrons. The second kappa shape index (κ2) is 5.67. The molecule has 0 spiro atoms. The Balaban J connectivity index is 3.07. The first kappa shape index (κ1) is 14.9. The molecule has 1 aromatic heterocycles. The SMILES string of the molecule is CCCC(C)(C)NS(=O)(=O)c1ncccc1NC. The van der Waals surface area contributed by atoms with Gasteiger partial charge in [-0.25, -0.2) is 18.1 Å². The van der Waals surface area contributed by atoms with Gasteiger partial charge < -0.3 is 5.32 Å². The normalized spacial score (nSPS) is 12.4. The molecular weight excluding hydrogens is 250 g/mol. The molecule has 0 unspecified atom stereocenters. The average molecular weight is 271 g/mol. The van der Waals surface area contributed by atoms with Crippen molar-refractivity contribution in [1.29, 1.82) is 0 Å². The summed E-state index contributed by atoms with van der Waals surface area (Å²) in [5, 5.41) is 2.88. The van der Waals surface area contributed by atoms with E-state index in [1.54, 1.807) is 19.2 Å². The summed E-state index contributed by atoms with van der Waals surface area (Å²) in [5.74, 6) is 0. The number of aromatic nitrogens is 1. The van der Waals surface area contributed by atoms with Gasteiger partial charge >= 0.3 is 0 Å². The molecular formula is C12H21N3O2S. The Kier molecular flexibility index (Phi) is 4.70. The van der Waals surface area contributed by atoms with Crippen molar-refractivity contribution < 1.29 is 8.42 Å². The molecule has 18 heavy (non-hydrogen) atoms. The van der Waals surface area contributed by atoms with Crippen LogP contribution in [0.5, 0.6) is 0 Å². The maximum absolute atomic E-state index is 12.3. The first-order valence-electron chi connectivity index (χ1n) is 5.99. The molecule has 0 amide bonds. The number of anilines is 1. The van der Waals surface area contributed by atoms with E-state index in [1.165, 1.54) is 6.20 Å². The first-order valence-corrected chi connectivity index (χ1v) is 7.47. The highest BCUT2D eigenvalue weighted by Gasteiger charge is 2.27. The third-order valence-corrected chi connectivity index (χ3v) is 4.24. The summed E-state index contributed by atoms with van der Waals surface area (Å²) in [6.45, 7) is 5.77. The van der Waals surface area contributed by atoms with Crippen LogP contribution in [0.3, 0.4) is 0 Å². The van der Waals surface area contributed by atoms with E-state index >= 15 is 0 Å². The Morgan fingerprint density at radius 3 is 2.61 bits per heavy atom. The summed E-state index contributed by atoms with van der Waals surface area (Å²) >= 11 is 0. The van der Waals surface area contributed by atoms with Gasteiger partial charge in [0.05, 0.1) is 5.69 Å². The Hall–Kier alpha value is -1.14. The number of hydrogen-bond acceptors (Lipinski definition) is 4. The lowest BCUT2D eigenvalue weighted by Gasteiger charge is -2.25. The summed E-state index contributed by atoms with van der Waals surface area (Å²) in [6.07, 6.45) is 3.16. The predicted octanol–water partition coefficient (Wildman–Crippen LogP) is 1.98. The molecule has 0 atom stereocenters. The second-order valence-corrected chi connectivity index (χ2v) is 6.44. The van der Waals surface area contributed by atoms with Crippen molar-refractivity contribution >= 4 is 15.7 Å². The highest BCUT2D eigenvalue weighted by atomic mass is 32.2. The second-order valence-electron chi connectivity index (χ2n) is 4.85. The summed E-state index contributed by atoms with van der Waals surface area (Å²) < 4.78 is 27.3. The van der Waals surface area contributed by atoms with E-state index in [0.717, 1.165) is 12.8 Å². The number of nitrogens with one attached hydrogen (secondary N) is 2. The van der Waals surface area contributed by atoms with Gasteiger partial charge in [0.1, 0.15) is 0 Å². The van der Waals surface area contributed by atoms with E-state index in [9.17, 15) is 8.42 Å². The van der Waals surface area contributed by atoms with Gasteiger partial charge in [-0.15, -0.1) is 0 Å². The van der Waals surface area contributed by atoms with Crippen molar-refractivity contribution in [3.63, 3.8) is 0 Å². The number of rotatable bonds is 6. The van der Waals surface area contributed by atoms with Crippen molar-refractivity contribution in [2.45, 2.75) is 44.2 Å². The molecule has 0 saturated carbocycles. The molecule has 0 aliphatic carbocycles. The van der Waals surface area contributed by atoms with Crippen LogP contribution in [0, 0.1) is 0 Å². The van der Waals surface area contributed by atoms with Crippen molar-refractivity contribution in [3.05, 3.63) is 18.3 Å². The molecule has 0 fully saturated rings. The Bertz CT molecular complexity index is 498. The van der Waals surface area contributed by atoms with Crippen molar-refractivity contribution in [3.8, 4) is 0 Å². The topological polar surface area (TPSA) is 71.1 Å². The van der Waals surface area contributed by atoms with Crippen LogP contribution in [0.25, 0.3) is 0 Å². The van der Waals surface area contributed by atoms with Crippen molar-refractivity contribution in [2.75, 3.05) is 12.4 Å². The van der Waals surface area contributed by atoms with Gasteiger partial charge in [0.25, 0.3) is 10.0 Å². The molecule has 5 nitrogen and oxygen atoms in total. The molecule has 1 aromatic rings. The van der Waals surface area contributed by atoms with E-state index in [4.69, 9.17) is 0 Å². The zero-order valence-corrected chi connectivity index (χ0v) is 12.1. The number of pyridine rings is 1. The maximum Gasteiger partial charge on any atom is 0.260 e. The quantitative estimate of drug-likeness (QED) is 0.830. The lowest BCUT2D eigenvalue weighted by atomic mass is 10.0. The molecule has 0 bridgehead atoms. The summed E-state index contributed by atoms with van der Waals surface area (Å²) in [7, 11) is -1.93. The van der Waals surface area contributed by atoms with Crippen LogP contribution in [0.2, 0.25) is 0 Å². The lowest BCUT2D eigenvalue weighted by molar-refractivity contribution is 0.417. The highest BCUT2D eigenvalue weighted by Crippen LogP contribution is 2.20. The number of nitrogens with zero attached hydrogens (tertiary/aromatic N) is 1. The van der Waals surface area contributed by atoms with Gasteiger partial charge in [-0.3, -0.25) is 0 Å². The Labute approximate surface area is 109 Å². The highest BCUT2D eigenvalue weighted by molar-refractivity contribution is 7.89. The van der Waals surface area contributed by atoms with Crippen LogP contribution in [0.1, 0.15) is 33.6 Å². The molecule has 2 N–H and O–H groups in total. The van der Waals surface area contributed by atoms with Gasteiger partial charge in [0, 0.05) is 18.8 Å². The first-order chi connectivity index (χ1) is 8.32. The third kappa shape index (κ3) is 3.68. The molecule has 0 saturated heterocycles. The molecule has 0 aliphatic heterocycles. The number of hydrogen-bond donors (Lipinski definition) is 2. The average Bonchev–Trinajstić information content (AvgIpc) is 2.27. The van der Waals surface area contributed by atoms with Crippen LogP contribution >= 0.6 is 0 Å². The van der Waals surface area contributed by atoms with Crippen LogP contribution in [-0.4, -0.2) is 26.0 Å². The summed E-state index contributed by atoms with van der Waals surface area (Å²) in [4.78, 5) is 3.95. The van der Waals surface area contributed by atoms with Crippen LogP contribution in [0.15, 0.2) is 23.4 Å². The fourth-order valence-corrected chi connectivity index (χ4v) is 3.47. The van der Waals surface area contributed by atoms with Gasteiger partial charge in [-0.2, -0.15) is 0 Å². The minimum Gasteiger partial charge on any atom is -0.386 e. The fraction of sp³-hybridized carbons (Fsp3) is 0.583.